The zero-order valence-corrected chi connectivity index (χ0v) is 10.9. The molecule has 2 unspecified atom stereocenters. The van der Waals surface area contributed by atoms with Gasteiger partial charge in [0.25, 0.3) is 0 Å². The smallest absolute Gasteiger partial charge is 0.128 e. The first-order valence-electron chi connectivity index (χ1n) is 5.61. The quantitative estimate of drug-likeness (QED) is 0.610. The molecule has 17 heavy (non-hydrogen) atoms. The van der Waals surface area contributed by atoms with Crippen molar-refractivity contribution in [3.63, 3.8) is 0 Å². The molecule has 0 saturated heterocycles. The lowest BCUT2D eigenvalue weighted by molar-refractivity contribution is 0.533. The molecule has 2 atom stereocenters. The number of nitrogens with one attached hydrogen (secondary N) is 1. The Morgan fingerprint density at radius 3 is 2.71 bits per heavy atom. The molecule has 0 radical (unpaired) electrons. The first-order valence-corrected chi connectivity index (χ1v) is 6.66. The summed E-state index contributed by atoms with van der Waals surface area (Å²) < 4.78 is 26.6. The van der Waals surface area contributed by atoms with E-state index in [9.17, 15) is 8.78 Å². The molecule has 0 fully saturated rings. The van der Waals surface area contributed by atoms with Gasteiger partial charge in [-0.1, -0.05) is 13.8 Å². The second kappa shape index (κ2) is 6.93. The van der Waals surface area contributed by atoms with Crippen LogP contribution in [0.3, 0.4) is 0 Å². The van der Waals surface area contributed by atoms with Gasteiger partial charge in [0.05, 0.1) is 6.04 Å². The molecule has 96 valence electrons. The fourth-order valence-corrected chi connectivity index (χ4v) is 2.42. The molecule has 1 aromatic carbocycles. The topological polar surface area (TPSA) is 38.0 Å². The third-order valence-electron chi connectivity index (χ3n) is 2.66. The Kier molecular flexibility index (Phi) is 5.88. The molecule has 2 nitrogen and oxygen atoms in total. The maximum absolute atomic E-state index is 13.5. The van der Waals surface area contributed by atoms with Gasteiger partial charge in [-0.05, 0) is 24.6 Å². The molecule has 0 spiro atoms. The monoisotopic (exact) mass is 260 g/mol. The van der Waals surface area contributed by atoms with Gasteiger partial charge in [-0.25, -0.2) is 8.78 Å². The number of hydrogen-bond acceptors (Lipinski definition) is 3. The van der Waals surface area contributed by atoms with E-state index in [2.05, 4.69) is 19.3 Å². The van der Waals surface area contributed by atoms with Crippen LogP contribution in [0.25, 0.3) is 0 Å². The predicted octanol–water partition coefficient (Wildman–Crippen LogP) is 3.00. The lowest BCUT2D eigenvalue weighted by atomic mass is 10.1. The molecule has 0 aliphatic heterocycles. The van der Waals surface area contributed by atoms with E-state index in [1.165, 1.54) is 6.07 Å². The second-order valence-electron chi connectivity index (χ2n) is 3.94. The van der Waals surface area contributed by atoms with Crippen molar-refractivity contribution in [2.45, 2.75) is 31.6 Å². The van der Waals surface area contributed by atoms with Crippen LogP contribution < -0.4 is 11.3 Å². The average Bonchev–Trinajstić information content (AvgIpc) is 2.33. The van der Waals surface area contributed by atoms with E-state index in [0.29, 0.717) is 11.0 Å². The van der Waals surface area contributed by atoms with Gasteiger partial charge in [0, 0.05) is 16.6 Å². The maximum atomic E-state index is 13.5. The zero-order valence-electron chi connectivity index (χ0n) is 10.0. The lowest BCUT2D eigenvalue weighted by Gasteiger charge is -2.18. The van der Waals surface area contributed by atoms with Gasteiger partial charge in [-0.3, -0.25) is 11.3 Å². The largest absolute Gasteiger partial charge is 0.271 e. The number of thioether (sulfide) groups is 1. The fourth-order valence-electron chi connectivity index (χ4n) is 1.39. The molecule has 5 heteroatoms. The molecule has 0 aliphatic rings. The highest BCUT2D eigenvalue weighted by atomic mass is 32.2. The summed E-state index contributed by atoms with van der Waals surface area (Å²) in [5.41, 5.74) is 2.82. The van der Waals surface area contributed by atoms with Crippen LogP contribution in [0.4, 0.5) is 8.78 Å². The van der Waals surface area contributed by atoms with Crippen LogP contribution in [0.15, 0.2) is 18.2 Å². The molecule has 1 rings (SSSR count). The van der Waals surface area contributed by atoms with Crippen molar-refractivity contribution in [3.8, 4) is 0 Å². The average molecular weight is 260 g/mol. The molecule has 3 N–H and O–H groups in total. The molecular weight excluding hydrogens is 242 g/mol. The third kappa shape index (κ3) is 4.26. The van der Waals surface area contributed by atoms with E-state index in [1.807, 2.05) is 0 Å². The Bertz CT molecular complexity index is 360. The van der Waals surface area contributed by atoms with Crippen molar-refractivity contribution >= 4 is 11.8 Å². The normalized spacial score (nSPS) is 14.6. The van der Waals surface area contributed by atoms with Gasteiger partial charge >= 0.3 is 0 Å². The Balaban J connectivity index is 2.75. The first-order chi connectivity index (χ1) is 8.08. The highest BCUT2D eigenvalue weighted by molar-refractivity contribution is 7.99. The summed E-state index contributed by atoms with van der Waals surface area (Å²) in [6.07, 6.45) is 1.04. The van der Waals surface area contributed by atoms with Crippen LogP contribution in [-0.2, 0) is 0 Å². The van der Waals surface area contributed by atoms with E-state index in [0.717, 1.165) is 18.6 Å². The van der Waals surface area contributed by atoms with E-state index >= 15 is 0 Å². The first kappa shape index (κ1) is 14.4. The number of benzene rings is 1. The van der Waals surface area contributed by atoms with Crippen molar-refractivity contribution in [1.29, 1.82) is 0 Å². The maximum Gasteiger partial charge on any atom is 0.128 e. The van der Waals surface area contributed by atoms with Crippen molar-refractivity contribution in [2.24, 2.45) is 5.84 Å². The highest BCUT2D eigenvalue weighted by Gasteiger charge is 2.16. The van der Waals surface area contributed by atoms with Crippen molar-refractivity contribution in [3.05, 3.63) is 35.4 Å². The Labute approximate surface area is 105 Å². The number of nitrogens with two attached hydrogens (primary N) is 1. The lowest BCUT2D eigenvalue weighted by Crippen LogP contribution is -2.31. The van der Waals surface area contributed by atoms with Crippen LogP contribution >= 0.6 is 11.8 Å². The summed E-state index contributed by atoms with van der Waals surface area (Å²) in [5.74, 6) is 5.14. The van der Waals surface area contributed by atoms with Crippen molar-refractivity contribution in [2.75, 3.05) is 5.75 Å². The van der Waals surface area contributed by atoms with Crippen LogP contribution in [0, 0.1) is 11.6 Å². The molecule has 0 aliphatic carbocycles. The summed E-state index contributed by atoms with van der Waals surface area (Å²) in [6, 6.07) is 3.05. The standard InChI is InChI=1S/C12H18F2N2S/c1-3-8(2)17-7-12(16-15)10-6-9(13)4-5-11(10)14/h4-6,8,12,16H,3,7,15H2,1-2H3. The Morgan fingerprint density at radius 1 is 1.41 bits per heavy atom. The molecule has 0 bridgehead atoms. The zero-order chi connectivity index (χ0) is 12.8. The Hall–Kier alpha value is -0.650. The van der Waals surface area contributed by atoms with Crippen LogP contribution in [0.5, 0.6) is 0 Å². The summed E-state index contributed by atoms with van der Waals surface area (Å²) in [5, 5.41) is 0.475. The fraction of sp³-hybridized carbons (Fsp3) is 0.500. The number of halogens is 2. The molecular formula is C12H18F2N2S. The van der Waals surface area contributed by atoms with E-state index < -0.39 is 11.6 Å². The highest BCUT2D eigenvalue weighted by Crippen LogP contribution is 2.24. The SMILES string of the molecule is CCC(C)SCC(NN)c1cc(F)ccc1F. The van der Waals surface area contributed by atoms with Gasteiger partial charge in [0.1, 0.15) is 11.6 Å². The molecule has 0 amide bonds. The third-order valence-corrected chi connectivity index (χ3v) is 4.09. The predicted molar refractivity (Wildman–Crippen MR) is 68.6 cm³/mol. The van der Waals surface area contributed by atoms with Gasteiger partial charge in [0.2, 0.25) is 0 Å². The van der Waals surface area contributed by atoms with Crippen molar-refractivity contribution < 1.29 is 8.78 Å². The summed E-state index contributed by atoms with van der Waals surface area (Å²) in [6.45, 7) is 4.19. The summed E-state index contributed by atoms with van der Waals surface area (Å²) >= 11 is 1.69. The molecule has 0 aromatic heterocycles. The number of hydrazine groups is 1. The van der Waals surface area contributed by atoms with E-state index in [-0.39, 0.29) is 11.6 Å². The minimum Gasteiger partial charge on any atom is -0.271 e. The number of hydrogen-bond donors (Lipinski definition) is 2. The number of rotatable bonds is 6. The van der Waals surface area contributed by atoms with Gasteiger partial charge in [0.15, 0.2) is 0 Å². The van der Waals surface area contributed by atoms with Crippen LogP contribution in [-0.4, -0.2) is 11.0 Å². The minimum absolute atomic E-state index is 0.281. The van der Waals surface area contributed by atoms with Crippen LogP contribution in [0.1, 0.15) is 31.9 Å². The second-order valence-corrected chi connectivity index (χ2v) is 5.41. The van der Waals surface area contributed by atoms with E-state index in [1.54, 1.807) is 11.8 Å². The van der Waals surface area contributed by atoms with Gasteiger partial charge < -0.3 is 0 Å². The van der Waals surface area contributed by atoms with Crippen LogP contribution in [0.2, 0.25) is 0 Å². The van der Waals surface area contributed by atoms with Gasteiger partial charge in [-0.2, -0.15) is 11.8 Å². The molecule has 0 heterocycles. The minimum atomic E-state index is -0.449. The Morgan fingerprint density at radius 2 is 2.12 bits per heavy atom. The van der Waals surface area contributed by atoms with Crippen molar-refractivity contribution in [1.82, 2.24) is 5.43 Å². The molecule has 0 saturated carbocycles. The summed E-state index contributed by atoms with van der Waals surface area (Å²) in [4.78, 5) is 0. The summed E-state index contributed by atoms with van der Waals surface area (Å²) in [7, 11) is 0. The van der Waals surface area contributed by atoms with Gasteiger partial charge in [-0.15, -0.1) is 0 Å². The van der Waals surface area contributed by atoms with E-state index in [4.69, 9.17) is 5.84 Å². The molecule has 1 aromatic rings.